The van der Waals surface area contributed by atoms with E-state index >= 15 is 0 Å². The van der Waals surface area contributed by atoms with Gasteiger partial charge < -0.3 is 4.90 Å². The highest BCUT2D eigenvalue weighted by molar-refractivity contribution is 7.89. The summed E-state index contributed by atoms with van der Waals surface area (Å²) in [6.45, 7) is 1.32. The molecule has 1 aliphatic rings. The van der Waals surface area contributed by atoms with E-state index in [1.807, 2.05) is 6.07 Å². The van der Waals surface area contributed by atoms with Crippen molar-refractivity contribution < 1.29 is 18.0 Å². The van der Waals surface area contributed by atoms with Gasteiger partial charge >= 0.3 is 0 Å². The molecule has 2 amide bonds. The number of anilines is 1. The molecule has 9 nitrogen and oxygen atoms in total. The van der Waals surface area contributed by atoms with Gasteiger partial charge in [0.2, 0.25) is 15.9 Å². The van der Waals surface area contributed by atoms with Gasteiger partial charge in [-0.25, -0.2) is 17.7 Å². The molecule has 1 aromatic heterocycles. The first-order chi connectivity index (χ1) is 14.7. The monoisotopic (exact) mass is 465 g/mol. The normalized spacial score (nSPS) is 15.0. The topological polar surface area (TPSA) is 112 Å². The van der Waals surface area contributed by atoms with E-state index in [1.165, 1.54) is 38.4 Å². The highest BCUT2D eigenvalue weighted by Gasteiger charge is 2.26. The molecule has 0 aliphatic carbocycles. The molecule has 0 atom stereocenters. The summed E-state index contributed by atoms with van der Waals surface area (Å²) in [5.41, 5.74) is 4.94. The first-order valence-corrected chi connectivity index (χ1v) is 11.5. The highest BCUT2D eigenvalue weighted by atomic mass is 35.5. The average Bonchev–Trinajstić information content (AvgIpc) is 2.78. The quantitative estimate of drug-likeness (QED) is 0.649. The molecule has 3 rings (SSSR count). The maximum atomic E-state index is 12.5. The van der Waals surface area contributed by atoms with Gasteiger partial charge in [0.05, 0.1) is 9.92 Å². The lowest BCUT2D eigenvalue weighted by Crippen LogP contribution is -2.47. The Bertz CT molecular complexity index is 1050. The number of piperidine rings is 1. The molecule has 1 aliphatic heterocycles. The summed E-state index contributed by atoms with van der Waals surface area (Å²) in [7, 11) is -0.836. The van der Waals surface area contributed by atoms with Crippen LogP contribution in [0.5, 0.6) is 0 Å². The van der Waals surface area contributed by atoms with Gasteiger partial charge in [0.1, 0.15) is 5.82 Å². The molecule has 0 unspecified atom stereocenters. The molecule has 11 heteroatoms. The van der Waals surface area contributed by atoms with Crippen LogP contribution in [0.1, 0.15) is 23.2 Å². The summed E-state index contributed by atoms with van der Waals surface area (Å²) >= 11 is 5.86. The summed E-state index contributed by atoms with van der Waals surface area (Å²) in [5, 5.41) is 0.568. The first-order valence-electron chi connectivity index (χ1n) is 9.68. The number of carbonyl (C=O) groups is 2. The number of aromatic nitrogens is 1. The highest BCUT2D eigenvalue weighted by Crippen LogP contribution is 2.22. The van der Waals surface area contributed by atoms with Crippen LogP contribution in [0.3, 0.4) is 0 Å². The number of hydrogen-bond acceptors (Lipinski definition) is 6. The Kier molecular flexibility index (Phi) is 7.14. The van der Waals surface area contributed by atoms with Gasteiger partial charge in [-0.3, -0.25) is 20.4 Å². The molecular formula is C20H24ClN5O4S. The van der Waals surface area contributed by atoms with Crippen LogP contribution in [-0.2, 0) is 14.8 Å². The van der Waals surface area contributed by atoms with Crippen LogP contribution in [-0.4, -0.2) is 56.7 Å². The molecule has 166 valence electrons. The van der Waals surface area contributed by atoms with Crippen molar-refractivity contribution in [2.75, 3.05) is 32.1 Å². The minimum Gasteiger partial charge on any atom is -0.357 e. The van der Waals surface area contributed by atoms with Gasteiger partial charge in [-0.2, -0.15) is 0 Å². The number of hydrogen-bond donors (Lipinski definition) is 2. The third kappa shape index (κ3) is 5.52. The fourth-order valence-electron chi connectivity index (χ4n) is 3.23. The van der Waals surface area contributed by atoms with Gasteiger partial charge in [-0.05, 0) is 43.2 Å². The standard InChI is InChI=1S/C20H24ClN5O4S/c1-25(2)31(29,30)17-5-3-4-15(12-17)20(28)24-23-19(27)14-8-10-26(11-9-14)18-7-6-16(21)13-22-18/h3-7,12-14H,8-11H2,1-2H3,(H,23,27)(H,24,28). The van der Waals surface area contributed by atoms with Crippen molar-refractivity contribution in [3.63, 3.8) is 0 Å². The number of nitrogens with zero attached hydrogens (tertiary/aromatic N) is 3. The van der Waals surface area contributed by atoms with Crippen molar-refractivity contribution in [2.45, 2.75) is 17.7 Å². The lowest BCUT2D eigenvalue weighted by molar-refractivity contribution is -0.126. The Morgan fingerprint density at radius 3 is 2.45 bits per heavy atom. The predicted molar refractivity (Wildman–Crippen MR) is 117 cm³/mol. The number of carbonyl (C=O) groups excluding carboxylic acids is 2. The lowest BCUT2D eigenvalue weighted by atomic mass is 9.96. The number of benzene rings is 1. The van der Waals surface area contributed by atoms with Crippen molar-refractivity contribution in [1.82, 2.24) is 20.1 Å². The number of amides is 2. The zero-order valence-electron chi connectivity index (χ0n) is 17.2. The SMILES string of the molecule is CN(C)S(=O)(=O)c1cccc(C(=O)NNC(=O)C2CCN(c3ccc(Cl)cn3)CC2)c1. The fourth-order valence-corrected chi connectivity index (χ4v) is 4.29. The maximum absolute atomic E-state index is 12.5. The third-order valence-electron chi connectivity index (χ3n) is 5.08. The number of hydrazine groups is 1. The third-order valence-corrected chi connectivity index (χ3v) is 7.11. The zero-order valence-corrected chi connectivity index (χ0v) is 18.8. The summed E-state index contributed by atoms with van der Waals surface area (Å²) in [6.07, 6.45) is 2.81. The average molecular weight is 466 g/mol. The summed E-state index contributed by atoms with van der Waals surface area (Å²) in [4.78, 5) is 31.2. The van der Waals surface area contributed by atoms with Crippen LogP contribution in [0, 0.1) is 5.92 Å². The van der Waals surface area contributed by atoms with E-state index < -0.39 is 15.9 Å². The van der Waals surface area contributed by atoms with Gasteiger partial charge in [0.15, 0.2) is 0 Å². The zero-order chi connectivity index (χ0) is 22.6. The lowest BCUT2D eigenvalue weighted by Gasteiger charge is -2.32. The van der Waals surface area contributed by atoms with Crippen LogP contribution < -0.4 is 15.8 Å². The van der Waals surface area contributed by atoms with E-state index in [1.54, 1.807) is 12.3 Å². The Hall–Kier alpha value is -2.69. The second-order valence-corrected chi connectivity index (χ2v) is 9.94. The number of pyridine rings is 1. The van der Waals surface area contributed by atoms with Gasteiger partial charge in [-0.15, -0.1) is 0 Å². The molecule has 1 fully saturated rings. The van der Waals surface area contributed by atoms with E-state index in [-0.39, 0.29) is 22.3 Å². The van der Waals surface area contributed by atoms with Crippen molar-refractivity contribution in [3.05, 3.63) is 53.2 Å². The van der Waals surface area contributed by atoms with Gasteiger partial charge in [0.25, 0.3) is 5.91 Å². The molecule has 1 saturated heterocycles. The Morgan fingerprint density at radius 2 is 1.84 bits per heavy atom. The van der Waals surface area contributed by atoms with Crippen molar-refractivity contribution in [1.29, 1.82) is 0 Å². The first kappa shape index (κ1) is 23.0. The van der Waals surface area contributed by atoms with Crippen molar-refractivity contribution in [3.8, 4) is 0 Å². The van der Waals surface area contributed by atoms with Crippen LogP contribution in [0.4, 0.5) is 5.82 Å². The minimum atomic E-state index is -3.66. The number of sulfonamides is 1. The van der Waals surface area contributed by atoms with Crippen molar-refractivity contribution in [2.24, 2.45) is 5.92 Å². The Morgan fingerprint density at radius 1 is 1.13 bits per heavy atom. The molecule has 0 saturated carbocycles. The molecule has 1 aromatic carbocycles. The molecule has 2 heterocycles. The van der Waals surface area contributed by atoms with Crippen molar-refractivity contribution >= 4 is 39.3 Å². The number of halogens is 1. The Labute approximate surface area is 186 Å². The van der Waals surface area contributed by atoms with E-state index in [0.29, 0.717) is 31.0 Å². The molecular weight excluding hydrogens is 442 g/mol. The van der Waals surface area contributed by atoms with Crippen LogP contribution in [0.2, 0.25) is 5.02 Å². The smallest absolute Gasteiger partial charge is 0.269 e. The van der Waals surface area contributed by atoms with Crippen LogP contribution in [0.25, 0.3) is 0 Å². The molecule has 0 spiro atoms. The van der Waals surface area contributed by atoms with E-state index in [4.69, 9.17) is 11.6 Å². The van der Waals surface area contributed by atoms with Crippen LogP contribution in [0.15, 0.2) is 47.5 Å². The molecule has 0 bridgehead atoms. The summed E-state index contributed by atoms with van der Waals surface area (Å²) in [6, 6.07) is 9.26. The van der Waals surface area contributed by atoms with E-state index in [9.17, 15) is 18.0 Å². The molecule has 31 heavy (non-hydrogen) atoms. The summed E-state index contributed by atoms with van der Waals surface area (Å²) in [5.74, 6) is -0.311. The molecule has 2 N–H and O–H groups in total. The van der Waals surface area contributed by atoms with Gasteiger partial charge in [-0.1, -0.05) is 17.7 Å². The second-order valence-electron chi connectivity index (χ2n) is 7.35. The largest absolute Gasteiger partial charge is 0.357 e. The minimum absolute atomic E-state index is 0.000317. The predicted octanol–water partition coefficient (Wildman–Crippen LogP) is 1.66. The number of rotatable bonds is 5. The molecule has 0 radical (unpaired) electrons. The van der Waals surface area contributed by atoms with Crippen LogP contribution >= 0.6 is 11.6 Å². The van der Waals surface area contributed by atoms with E-state index in [2.05, 4.69) is 20.7 Å². The van der Waals surface area contributed by atoms with Gasteiger partial charge in [0, 0.05) is 44.9 Å². The fraction of sp³-hybridized carbons (Fsp3) is 0.350. The maximum Gasteiger partial charge on any atom is 0.269 e. The van der Waals surface area contributed by atoms with E-state index in [0.717, 1.165) is 10.1 Å². The number of nitrogens with one attached hydrogen (secondary N) is 2. The second kappa shape index (κ2) is 9.63. The molecule has 2 aromatic rings. The summed E-state index contributed by atoms with van der Waals surface area (Å²) < 4.78 is 25.5. The Balaban J connectivity index is 1.53.